The van der Waals surface area contributed by atoms with Crippen molar-refractivity contribution in [3.05, 3.63) is 97.2 Å². The summed E-state index contributed by atoms with van der Waals surface area (Å²) >= 11 is 0. The monoisotopic (exact) mass is 1030 g/mol. The van der Waals surface area contributed by atoms with Gasteiger partial charge in [0.1, 0.15) is 13.2 Å². The van der Waals surface area contributed by atoms with Gasteiger partial charge in [0, 0.05) is 19.3 Å². The molecule has 0 N–H and O–H groups in total. The Morgan fingerprint density at radius 1 is 0.284 bits per heavy atom. The molecule has 0 aromatic carbocycles. The highest BCUT2D eigenvalue weighted by atomic mass is 16.6. The van der Waals surface area contributed by atoms with Crippen LogP contribution in [0.5, 0.6) is 0 Å². The maximum absolute atomic E-state index is 12.9. The summed E-state index contributed by atoms with van der Waals surface area (Å²) in [7, 11) is 0. The lowest BCUT2D eigenvalue weighted by molar-refractivity contribution is -0.167. The molecule has 6 nitrogen and oxygen atoms in total. The summed E-state index contributed by atoms with van der Waals surface area (Å²) in [6, 6.07) is 0. The van der Waals surface area contributed by atoms with Crippen molar-refractivity contribution in [1.29, 1.82) is 0 Å². The van der Waals surface area contributed by atoms with Crippen LogP contribution in [-0.4, -0.2) is 37.2 Å². The van der Waals surface area contributed by atoms with Crippen molar-refractivity contribution in [1.82, 2.24) is 0 Å². The lowest BCUT2D eigenvalue weighted by Crippen LogP contribution is -2.30. The van der Waals surface area contributed by atoms with E-state index in [1.165, 1.54) is 135 Å². The molecule has 0 amide bonds. The lowest BCUT2D eigenvalue weighted by Gasteiger charge is -2.18. The van der Waals surface area contributed by atoms with Gasteiger partial charge in [-0.3, -0.25) is 14.4 Å². The molecular weight excluding hydrogens is 913 g/mol. The Labute approximate surface area is 457 Å². The molecule has 0 aromatic rings. The number of carbonyl (C=O) groups excluding carboxylic acids is 3. The largest absolute Gasteiger partial charge is 0.462 e. The van der Waals surface area contributed by atoms with Crippen molar-refractivity contribution in [2.45, 2.75) is 303 Å². The van der Waals surface area contributed by atoms with Crippen LogP contribution in [0, 0.1) is 0 Å². The minimum absolute atomic E-state index is 0.0856. The van der Waals surface area contributed by atoms with Crippen LogP contribution in [0.3, 0.4) is 0 Å². The highest BCUT2D eigenvalue weighted by Gasteiger charge is 2.19. The van der Waals surface area contributed by atoms with E-state index in [0.717, 1.165) is 122 Å². The van der Waals surface area contributed by atoms with Crippen LogP contribution in [0.2, 0.25) is 0 Å². The number of esters is 3. The standard InChI is InChI=1S/C68H116O6/c1-4-7-10-13-16-19-22-25-28-30-31-32-33-34-35-36-37-39-40-43-46-49-52-55-58-61-67(70)73-64-65(63-72-66(69)60-57-54-51-48-45-42-27-24-21-18-15-12-9-6-3)74-68(71)62-59-56-53-50-47-44-41-38-29-26-23-20-17-14-11-8-5-2/h7,10,15-20,24-29,31-32,65H,4-6,8-9,11-14,21-23,30,33-64H2,1-3H3/b10-7-,18-15-,19-16-,20-17-,27-24-,28-25-,29-26-,32-31-. The van der Waals surface area contributed by atoms with Gasteiger partial charge in [-0.2, -0.15) is 0 Å². The second-order valence-corrected chi connectivity index (χ2v) is 20.6. The zero-order valence-electron chi connectivity index (χ0n) is 48.6. The summed E-state index contributed by atoms with van der Waals surface area (Å²) < 4.78 is 16.9. The van der Waals surface area contributed by atoms with Crippen molar-refractivity contribution < 1.29 is 28.6 Å². The van der Waals surface area contributed by atoms with E-state index in [2.05, 4.69) is 118 Å². The van der Waals surface area contributed by atoms with Crippen LogP contribution < -0.4 is 0 Å². The van der Waals surface area contributed by atoms with Gasteiger partial charge in [0.2, 0.25) is 0 Å². The van der Waals surface area contributed by atoms with Gasteiger partial charge in [0.05, 0.1) is 0 Å². The summed E-state index contributed by atoms with van der Waals surface area (Å²) in [4.78, 5) is 38.3. The summed E-state index contributed by atoms with van der Waals surface area (Å²) in [5, 5.41) is 0. The Kier molecular flexibility index (Phi) is 58.8. The number of carbonyl (C=O) groups is 3. The fourth-order valence-corrected chi connectivity index (χ4v) is 8.60. The second-order valence-electron chi connectivity index (χ2n) is 20.6. The average molecular weight is 1030 g/mol. The van der Waals surface area contributed by atoms with Crippen LogP contribution >= 0.6 is 0 Å². The van der Waals surface area contributed by atoms with Crippen LogP contribution in [0.25, 0.3) is 0 Å². The van der Waals surface area contributed by atoms with Crippen molar-refractivity contribution in [3.63, 3.8) is 0 Å². The molecule has 0 aromatic heterocycles. The normalized spacial score (nSPS) is 12.7. The number of hydrogen-bond donors (Lipinski definition) is 0. The van der Waals surface area contributed by atoms with Gasteiger partial charge in [-0.1, -0.05) is 259 Å². The molecule has 0 aliphatic carbocycles. The fraction of sp³-hybridized carbons (Fsp3) is 0.721. The van der Waals surface area contributed by atoms with E-state index in [1.54, 1.807) is 0 Å². The van der Waals surface area contributed by atoms with E-state index in [-0.39, 0.29) is 31.1 Å². The van der Waals surface area contributed by atoms with E-state index in [9.17, 15) is 14.4 Å². The third-order valence-corrected chi connectivity index (χ3v) is 13.3. The molecule has 424 valence electrons. The Morgan fingerprint density at radius 2 is 0.541 bits per heavy atom. The SMILES string of the molecule is CC/C=C\C/C=C\C/C=C\C/C=C\CCCCCCCCCCCCCCC(=O)OCC(COC(=O)CCCCCCC/C=C\C/C=C\CCCC)OC(=O)CCCCCCCCC/C=C\C/C=C\CCCCC. The van der Waals surface area contributed by atoms with E-state index in [4.69, 9.17) is 14.2 Å². The molecule has 0 spiro atoms. The topological polar surface area (TPSA) is 78.9 Å². The molecule has 0 bridgehead atoms. The molecular formula is C68H116O6. The second kappa shape index (κ2) is 61.9. The number of ether oxygens (including phenoxy) is 3. The molecule has 0 rings (SSSR count). The number of allylic oxidation sites excluding steroid dienone is 16. The minimum atomic E-state index is -0.790. The van der Waals surface area contributed by atoms with E-state index < -0.39 is 6.10 Å². The van der Waals surface area contributed by atoms with Gasteiger partial charge >= 0.3 is 17.9 Å². The quantitative estimate of drug-likeness (QED) is 0.0261. The van der Waals surface area contributed by atoms with Gasteiger partial charge in [-0.05, 0) is 116 Å². The van der Waals surface area contributed by atoms with Gasteiger partial charge in [-0.25, -0.2) is 0 Å². The summed E-state index contributed by atoms with van der Waals surface area (Å²) in [5.74, 6) is -0.902. The van der Waals surface area contributed by atoms with Crippen LogP contribution in [0.4, 0.5) is 0 Å². The van der Waals surface area contributed by atoms with Crippen molar-refractivity contribution in [2.75, 3.05) is 13.2 Å². The smallest absolute Gasteiger partial charge is 0.306 e. The van der Waals surface area contributed by atoms with Crippen LogP contribution in [0.1, 0.15) is 297 Å². The van der Waals surface area contributed by atoms with Gasteiger partial charge in [0.25, 0.3) is 0 Å². The molecule has 6 heteroatoms. The molecule has 0 saturated carbocycles. The first-order chi connectivity index (χ1) is 36.5. The Morgan fingerprint density at radius 3 is 0.865 bits per heavy atom. The molecule has 0 heterocycles. The van der Waals surface area contributed by atoms with Crippen LogP contribution in [-0.2, 0) is 28.6 Å². The van der Waals surface area contributed by atoms with Crippen LogP contribution in [0.15, 0.2) is 97.2 Å². The maximum atomic E-state index is 12.9. The van der Waals surface area contributed by atoms with E-state index >= 15 is 0 Å². The number of rotatable bonds is 56. The first-order valence-corrected chi connectivity index (χ1v) is 31.2. The van der Waals surface area contributed by atoms with Crippen molar-refractivity contribution in [2.24, 2.45) is 0 Å². The third kappa shape index (κ3) is 59.2. The molecule has 0 fully saturated rings. The summed E-state index contributed by atoms with van der Waals surface area (Å²) in [5.41, 5.74) is 0. The predicted octanol–water partition coefficient (Wildman–Crippen LogP) is 21.3. The Hall–Kier alpha value is -3.67. The fourth-order valence-electron chi connectivity index (χ4n) is 8.60. The van der Waals surface area contributed by atoms with Crippen molar-refractivity contribution in [3.8, 4) is 0 Å². The maximum Gasteiger partial charge on any atom is 0.306 e. The molecule has 1 atom stereocenters. The highest BCUT2D eigenvalue weighted by molar-refractivity contribution is 5.71. The average Bonchev–Trinajstić information content (AvgIpc) is 3.40. The summed E-state index contributed by atoms with van der Waals surface area (Å²) in [6.07, 6.45) is 82.6. The number of unbranched alkanes of at least 4 members (excludes halogenated alkanes) is 29. The molecule has 0 radical (unpaired) electrons. The zero-order valence-corrected chi connectivity index (χ0v) is 48.6. The van der Waals surface area contributed by atoms with Gasteiger partial charge in [-0.15, -0.1) is 0 Å². The van der Waals surface area contributed by atoms with Gasteiger partial charge in [0.15, 0.2) is 6.10 Å². The summed E-state index contributed by atoms with van der Waals surface area (Å²) in [6.45, 7) is 6.46. The highest BCUT2D eigenvalue weighted by Crippen LogP contribution is 2.16. The van der Waals surface area contributed by atoms with Gasteiger partial charge < -0.3 is 14.2 Å². The van der Waals surface area contributed by atoms with E-state index in [0.29, 0.717) is 19.3 Å². The first kappa shape index (κ1) is 70.3. The molecule has 0 saturated heterocycles. The van der Waals surface area contributed by atoms with E-state index in [1.807, 2.05) is 0 Å². The lowest BCUT2D eigenvalue weighted by atomic mass is 10.0. The molecule has 74 heavy (non-hydrogen) atoms. The number of hydrogen-bond acceptors (Lipinski definition) is 6. The third-order valence-electron chi connectivity index (χ3n) is 13.3. The van der Waals surface area contributed by atoms with Crippen molar-refractivity contribution >= 4 is 17.9 Å². The first-order valence-electron chi connectivity index (χ1n) is 31.2. The molecule has 0 aliphatic rings. The predicted molar refractivity (Wildman–Crippen MR) is 320 cm³/mol. The Bertz CT molecular complexity index is 1460. The molecule has 1 unspecified atom stereocenters. The minimum Gasteiger partial charge on any atom is -0.462 e. The molecule has 0 aliphatic heterocycles. The Balaban J connectivity index is 4.34. The zero-order chi connectivity index (χ0) is 53.6.